The number of nitrogens with zero attached hydrogens (tertiary/aromatic N) is 5. The van der Waals surface area contributed by atoms with Crippen LogP contribution in [0.25, 0.3) is 0 Å². The van der Waals surface area contributed by atoms with Gasteiger partial charge in [-0.1, -0.05) is 152 Å². The Morgan fingerprint density at radius 3 is 0.504 bits per heavy atom. The Morgan fingerprint density at radius 1 is 0.248 bits per heavy atom. The number of likely N-dealkylation sites (tertiary alicyclic amines) is 5. The van der Waals surface area contributed by atoms with Crippen LogP contribution in [-0.2, 0) is 104 Å². The highest BCUT2D eigenvalue weighted by Gasteiger charge is 2.43. The van der Waals surface area contributed by atoms with Crippen molar-refractivity contribution in [3.8, 4) is 0 Å². The number of rotatable bonds is 40. The fourth-order valence-corrected chi connectivity index (χ4v) is 15.7. The molecular formula is C90H120N10O25. The largest absolute Gasteiger partial charge is 0.480 e. The van der Waals surface area contributed by atoms with Crippen LogP contribution < -0.4 is 26.6 Å². The molecule has 0 spiro atoms. The Labute approximate surface area is 725 Å². The molecule has 0 aromatic heterocycles. The second-order valence-electron chi connectivity index (χ2n) is 31.7. The average molecular weight is 1740 g/mol. The van der Waals surface area contributed by atoms with Gasteiger partial charge in [0.2, 0.25) is 29.5 Å². The lowest BCUT2D eigenvalue weighted by Gasteiger charge is -2.27. The highest BCUT2D eigenvalue weighted by Crippen LogP contribution is 2.25. The number of hydrogen-bond donors (Lipinski definition) is 15. The Kier molecular flexibility index (Phi) is 42.2. The molecule has 0 unspecified atom stereocenters. The van der Waals surface area contributed by atoms with E-state index in [0.29, 0.717) is 161 Å². The van der Waals surface area contributed by atoms with Crippen LogP contribution in [0.15, 0.2) is 152 Å². The summed E-state index contributed by atoms with van der Waals surface area (Å²) in [4.78, 5) is 183. The Balaban J connectivity index is 0.000000241. The molecule has 35 nitrogen and oxygen atoms in total. The van der Waals surface area contributed by atoms with Crippen molar-refractivity contribution in [1.29, 1.82) is 0 Å². The summed E-state index contributed by atoms with van der Waals surface area (Å²) in [6, 6.07) is 35.5. The molecule has 0 bridgehead atoms. The van der Waals surface area contributed by atoms with Crippen LogP contribution >= 0.6 is 0 Å². The standard InChI is InChI=1S/5C18H24N2O5/c5*1-12(16(21)20-11-5-8-15(20)18(24)25)19-14(17(22)23)10-9-13-6-3-2-4-7-13/h5*2-4,6-7,12,14-15,19H,5,8-11H2,1H3,(H,22,23)(H,24,25)/t5*12-,14-,15-/m00000/s1. The van der Waals surface area contributed by atoms with E-state index in [1.165, 1.54) is 24.5 Å². The van der Waals surface area contributed by atoms with E-state index < -0.39 is 150 Å². The van der Waals surface area contributed by atoms with Crippen molar-refractivity contribution in [2.24, 2.45) is 0 Å². The number of carbonyl (C=O) groups is 15. The zero-order valence-corrected chi connectivity index (χ0v) is 71.1. The lowest BCUT2D eigenvalue weighted by molar-refractivity contribution is -0.149. The minimum atomic E-state index is -1.02. The summed E-state index contributed by atoms with van der Waals surface area (Å²) in [7, 11) is 0. The molecule has 10 rings (SSSR count). The van der Waals surface area contributed by atoms with E-state index in [-0.39, 0.29) is 29.5 Å². The number of hydrogen-bond acceptors (Lipinski definition) is 20. The third-order valence-electron chi connectivity index (χ3n) is 22.5. The monoisotopic (exact) mass is 1740 g/mol. The first-order chi connectivity index (χ1) is 59.5. The molecule has 0 radical (unpaired) electrons. The maximum atomic E-state index is 12.5. The first-order valence-electron chi connectivity index (χ1n) is 42.3. The molecule has 0 aliphatic carbocycles. The van der Waals surface area contributed by atoms with Crippen LogP contribution in [0, 0.1) is 0 Å². The molecule has 5 fully saturated rings. The van der Waals surface area contributed by atoms with Crippen molar-refractivity contribution < 1.29 is 123 Å². The second kappa shape index (κ2) is 51.9. The third-order valence-corrected chi connectivity index (χ3v) is 22.5. The molecule has 5 aromatic rings. The molecule has 125 heavy (non-hydrogen) atoms. The van der Waals surface area contributed by atoms with Gasteiger partial charge in [-0.2, -0.15) is 0 Å². The summed E-state index contributed by atoms with van der Waals surface area (Å²) in [5, 5.41) is 107. The highest BCUT2D eigenvalue weighted by atomic mass is 16.4. The lowest BCUT2D eigenvalue weighted by Crippen LogP contribution is -2.53. The Bertz CT molecular complexity index is 3730. The molecule has 5 heterocycles. The number of carboxylic acids is 10. The predicted molar refractivity (Wildman–Crippen MR) is 456 cm³/mol. The molecule has 5 aliphatic rings. The Hall–Kier alpha value is -12.1. The third kappa shape index (κ3) is 32.9. The van der Waals surface area contributed by atoms with Gasteiger partial charge in [0, 0.05) is 32.7 Å². The van der Waals surface area contributed by atoms with Crippen molar-refractivity contribution in [2.75, 3.05) is 32.7 Å². The van der Waals surface area contributed by atoms with Crippen molar-refractivity contribution >= 4 is 89.2 Å². The Morgan fingerprint density at radius 2 is 0.384 bits per heavy atom. The van der Waals surface area contributed by atoms with Crippen LogP contribution in [0.4, 0.5) is 0 Å². The van der Waals surface area contributed by atoms with E-state index in [9.17, 15) is 123 Å². The van der Waals surface area contributed by atoms with E-state index in [1.807, 2.05) is 152 Å². The number of carbonyl (C=O) groups excluding carboxylic acids is 5. The minimum absolute atomic E-state index is 0.347. The zero-order chi connectivity index (χ0) is 92.0. The quantitative estimate of drug-likeness (QED) is 0.0226. The van der Waals surface area contributed by atoms with E-state index >= 15 is 0 Å². The highest BCUT2D eigenvalue weighted by molar-refractivity contribution is 5.92. The fraction of sp³-hybridized carbons (Fsp3) is 0.500. The molecule has 5 aliphatic heterocycles. The lowest BCUT2D eigenvalue weighted by atomic mass is 10.0. The van der Waals surface area contributed by atoms with Crippen LogP contribution in [0.3, 0.4) is 0 Å². The maximum Gasteiger partial charge on any atom is 0.326 e. The van der Waals surface area contributed by atoms with Gasteiger partial charge >= 0.3 is 59.7 Å². The van der Waals surface area contributed by atoms with Gasteiger partial charge in [0.05, 0.1) is 30.2 Å². The van der Waals surface area contributed by atoms with Crippen molar-refractivity contribution in [3.63, 3.8) is 0 Å². The maximum absolute atomic E-state index is 12.5. The van der Waals surface area contributed by atoms with Gasteiger partial charge in [0.25, 0.3) is 0 Å². The molecule has 5 amide bonds. The first kappa shape index (κ1) is 102. The van der Waals surface area contributed by atoms with E-state index in [2.05, 4.69) is 26.6 Å². The first-order valence-corrected chi connectivity index (χ1v) is 42.3. The van der Waals surface area contributed by atoms with E-state index in [0.717, 1.165) is 27.8 Å². The summed E-state index contributed by atoms with van der Waals surface area (Å²) in [5.41, 5.74) is 5.14. The SMILES string of the molecule is C[C@H](N[C@@H](CCc1ccccc1)C(=O)O)C(=O)N1CCC[C@H]1C(=O)O.C[C@H](N[C@@H](CCc1ccccc1)C(=O)O)C(=O)N1CCC[C@H]1C(=O)O.C[C@H](N[C@@H](CCc1ccccc1)C(=O)O)C(=O)N1CCC[C@H]1C(=O)O.C[C@H](N[C@@H](CCc1ccccc1)C(=O)O)C(=O)N1CCC[C@H]1C(=O)O.C[C@H](N[C@@H](CCc1ccccc1)C(=O)O)C(=O)N1CCC[C@H]1C(=O)O. The van der Waals surface area contributed by atoms with Gasteiger partial charge in [-0.25, -0.2) is 24.0 Å². The van der Waals surface area contributed by atoms with E-state index in [1.54, 1.807) is 34.6 Å². The molecule has 15 atom stereocenters. The van der Waals surface area contributed by atoms with Crippen LogP contribution in [0.1, 0.15) is 159 Å². The van der Waals surface area contributed by atoms with Gasteiger partial charge < -0.3 is 75.6 Å². The fourth-order valence-electron chi connectivity index (χ4n) is 15.7. The van der Waals surface area contributed by atoms with Crippen LogP contribution in [-0.4, -0.2) is 288 Å². The molecule has 0 saturated carbocycles. The second-order valence-corrected chi connectivity index (χ2v) is 31.7. The topological polar surface area (TPSA) is 535 Å². The number of carboxylic acid groups (broad SMARTS) is 10. The van der Waals surface area contributed by atoms with Gasteiger partial charge in [0.15, 0.2) is 0 Å². The molecule has 15 N–H and O–H groups in total. The van der Waals surface area contributed by atoms with Gasteiger partial charge in [-0.05, 0) is 191 Å². The summed E-state index contributed by atoms with van der Waals surface area (Å²) in [5.74, 6) is -12.0. The molecule has 35 heteroatoms. The van der Waals surface area contributed by atoms with Crippen LogP contribution in [0.2, 0.25) is 0 Å². The number of aryl methyl sites for hydroxylation is 5. The smallest absolute Gasteiger partial charge is 0.326 e. The number of aliphatic carboxylic acids is 10. The predicted octanol–water partition coefficient (Wildman–Crippen LogP) is 5.63. The van der Waals surface area contributed by atoms with Crippen LogP contribution in [0.5, 0.6) is 0 Å². The summed E-state index contributed by atoms with van der Waals surface area (Å²) >= 11 is 0. The van der Waals surface area contributed by atoms with Crippen molar-refractivity contribution in [2.45, 2.75) is 254 Å². The number of amides is 5. The molecular weight excluding hydrogens is 1620 g/mol. The summed E-state index contributed by atoms with van der Waals surface area (Å²) in [6.45, 7) is 9.87. The van der Waals surface area contributed by atoms with Gasteiger partial charge in [-0.15, -0.1) is 0 Å². The van der Waals surface area contributed by atoms with Gasteiger partial charge in [0.1, 0.15) is 60.4 Å². The molecule has 680 valence electrons. The van der Waals surface area contributed by atoms with Crippen molar-refractivity contribution in [3.05, 3.63) is 179 Å². The minimum Gasteiger partial charge on any atom is -0.480 e. The summed E-state index contributed by atoms with van der Waals surface area (Å²) in [6.07, 6.45) is 10.0. The molecule has 5 saturated heterocycles. The normalized spacial score (nSPS) is 19.4. The van der Waals surface area contributed by atoms with Crippen molar-refractivity contribution in [1.82, 2.24) is 51.1 Å². The molecule has 5 aromatic carbocycles. The number of nitrogens with one attached hydrogen (secondary N) is 5. The number of benzene rings is 5. The van der Waals surface area contributed by atoms with E-state index in [4.69, 9.17) is 0 Å². The summed E-state index contributed by atoms with van der Waals surface area (Å²) < 4.78 is 0. The average Bonchev–Trinajstić information content (AvgIpc) is 1.75. The zero-order valence-electron chi connectivity index (χ0n) is 71.1. The van der Waals surface area contributed by atoms with Gasteiger partial charge in [-0.3, -0.25) is 74.5 Å².